The first-order valence-electron chi connectivity index (χ1n) is 7.63. The molecule has 1 atom stereocenters. The molecule has 1 aromatic heterocycles. The molecule has 1 aliphatic heterocycles. The normalized spacial score (nSPS) is 19.7. The van der Waals surface area contributed by atoms with Gasteiger partial charge in [-0.1, -0.05) is 0 Å². The van der Waals surface area contributed by atoms with Gasteiger partial charge in [0.25, 0.3) is 5.88 Å². The molecule has 0 unspecified atom stereocenters. The zero-order valence-corrected chi connectivity index (χ0v) is 13.1. The summed E-state index contributed by atoms with van der Waals surface area (Å²) in [5, 5.41) is 6.91. The number of piperidine rings is 1. The van der Waals surface area contributed by atoms with Gasteiger partial charge in [0.05, 0.1) is 6.10 Å². The first-order chi connectivity index (χ1) is 10.0. The van der Waals surface area contributed by atoms with Crippen LogP contribution in [0.15, 0.2) is 10.6 Å². The first-order valence-corrected chi connectivity index (χ1v) is 7.63. The van der Waals surface area contributed by atoms with Crippen molar-refractivity contribution in [2.45, 2.75) is 51.7 Å². The number of carbonyl (C=O) groups excluding carboxylic acids is 1. The number of carbonyl (C=O) groups is 1. The molecule has 118 valence electrons. The van der Waals surface area contributed by atoms with Crippen LogP contribution in [0.2, 0.25) is 0 Å². The first kappa shape index (κ1) is 15.8. The Hall–Kier alpha value is -1.56. The lowest BCUT2D eigenvalue weighted by Crippen LogP contribution is -2.46. The number of likely N-dealkylation sites (N-methyl/N-ethyl adjacent to an activating group) is 1. The second-order valence-electron chi connectivity index (χ2n) is 5.97. The van der Waals surface area contributed by atoms with Crippen LogP contribution < -0.4 is 10.1 Å². The summed E-state index contributed by atoms with van der Waals surface area (Å²) in [5.74, 6) is 1.23. The quantitative estimate of drug-likeness (QED) is 0.863. The minimum absolute atomic E-state index is 0.0644. The molecule has 1 amide bonds. The van der Waals surface area contributed by atoms with Crippen molar-refractivity contribution in [3.63, 3.8) is 0 Å². The van der Waals surface area contributed by atoms with Crippen molar-refractivity contribution in [1.29, 1.82) is 0 Å². The van der Waals surface area contributed by atoms with Crippen LogP contribution in [0.4, 0.5) is 0 Å². The molecule has 0 aliphatic carbocycles. The number of rotatable bonds is 6. The van der Waals surface area contributed by atoms with Gasteiger partial charge in [0, 0.05) is 31.5 Å². The third-order valence-corrected chi connectivity index (χ3v) is 3.48. The minimum atomic E-state index is 0.0644. The van der Waals surface area contributed by atoms with Gasteiger partial charge in [0.1, 0.15) is 5.76 Å². The monoisotopic (exact) mass is 295 g/mol. The number of ether oxygens (including phenoxy) is 1. The summed E-state index contributed by atoms with van der Waals surface area (Å²) in [6, 6.07) is 2.02. The molecule has 2 rings (SSSR count). The number of nitrogens with zero attached hydrogens (tertiary/aromatic N) is 2. The number of nitrogens with one attached hydrogen (secondary N) is 1. The van der Waals surface area contributed by atoms with E-state index < -0.39 is 0 Å². The van der Waals surface area contributed by atoms with E-state index in [0.29, 0.717) is 24.5 Å². The van der Waals surface area contributed by atoms with Crippen molar-refractivity contribution in [2.75, 3.05) is 20.1 Å². The Bertz CT molecular complexity index is 459. The van der Waals surface area contributed by atoms with Crippen molar-refractivity contribution in [3.05, 3.63) is 11.8 Å². The van der Waals surface area contributed by atoms with E-state index in [9.17, 15) is 4.79 Å². The van der Waals surface area contributed by atoms with E-state index in [1.165, 1.54) is 0 Å². The average Bonchev–Trinajstić information content (AvgIpc) is 2.83. The predicted molar refractivity (Wildman–Crippen MR) is 79.2 cm³/mol. The molecule has 0 saturated carbocycles. The van der Waals surface area contributed by atoms with E-state index in [1.807, 2.05) is 13.8 Å². The van der Waals surface area contributed by atoms with E-state index >= 15 is 0 Å². The molecule has 1 saturated heterocycles. The topological polar surface area (TPSA) is 67.6 Å². The van der Waals surface area contributed by atoms with Crippen LogP contribution in [0.1, 0.15) is 38.9 Å². The van der Waals surface area contributed by atoms with Gasteiger partial charge in [0.15, 0.2) is 0 Å². The van der Waals surface area contributed by atoms with E-state index in [4.69, 9.17) is 9.26 Å². The average molecular weight is 295 g/mol. The molecule has 2 heterocycles. The summed E-state index contributed by atoms with van der Waals surface area (Å²) in [6.07, 6.45) is 3.22. The summed E-state index contributed by atoms with van der Waals surface area (Å²) in [5.41, 5.74) is 0. The van der Waals surface area contributed by atoms with Crippen molar-refractivity contribution >= 4 is 5.91 Å². The van der Waals surface area contributed by atoms with E-state index in [1.54, 1.807) is 6.07 Å². The zero-order valence-electron chi connectivity index (χ0n) is 13.1. The molecular formula is C15H25N3O3. The summed E-state index contributed by atoms with van der Waals surface area (Å²) >= 11 is 0. The van der Waals surface area contributed by atoms with Crippen molar-refractivity contribution in [1.82, 2.24) is 15.4 Å². The third kappa shape index (κ3) is 5.38. The second kappa shape index (κ2) is 7.45. The number of hydrogen-bond donors (Lipinski definition) is 1. The van der Waals surface area contributed by atoms with Crippen LogP contribution in [-0.2, 0) is 11.2 Å². The Balaban J connectivity index is 1.72. The van der Waals surface area contributed by atoms with Crippen molar-refractivity contribution < 1.29 is 14.1 Å². The summed E-state index contributed by atoms with van der Waals surface area (Å²) in [6.45, 7) is 5.91. The molecule has 6 heteroatoms. The van der Waals surface area contributed by atoms with E-state index in [2.05, 4.69) is 22.4 Å². The predicted octanol–water partition coefficient (Wildman–Crippen LogP) is 1.60. The Kier molecular flexibility index (Phi) is 5.61. The molecule has 1 aliphatic rings. The van der Waals surface area contributed by atoms with E-state index in [0.717, 1.165) is 25.9 Å². The molecule has 21 heavy (non-hydrogen) atoms. The standard InChI is InChI=1S/C15H25N3O3/c1-11(2)20-15-9-13(21-17-15)6-7-14(19)16-12-5-4-8-18(3)10-12/h9,11-12H,4-8,10H2,1-3H3,(H,16,19)/t12-/m0/s1. The van der Waals surface area contributed by atoms with Gasteiger partial charge in [-0.05, 0) is 45.4 Å². The Morgan fingerprint density at radius 1 is 1.62 bits per heavy atom. The summed E-state index contributed by atoms with van der Waals surface area (Å²) in [7, 11) is 2.09. The Labute approximate surface area is 125 Å². The van der Waals surface area contributed by atoms with Gasteiger partial charge >= 0.3 is 0 Å². The van der Waals surface area contributed by atoms with Crippen LogP contribution in [0.25, 0.3) is 0 Å². The molecule has 0 bridgehead atoms. The highest BCUT2D eigenvalue weighted by Gasteiger charge is 2.19. The third-order valence-electron chi connectivity index (χ3n) is 3.48. The lowest BCUT2D eigenvalue weighted by atomic mass is 10.1. The Morgan fingerprint density at radius 3 is 3.14 bits per heavy atom. The number of amides is 1. The molecule has 1 aromatic rings. The molecular weight excluding hydrogens is 270 g/mol. The van der Waals surface area contributed by atoms with Gasteiger partial charge in [0.2, 0.25) is 5.91 Å². The minimum Gasteiger partial charge on any atom is -0.473 e. The van der Waals surface area contributed by atoms with Gasteiger partial charge in [-0.25, -0.2) is 0 Å². The Morgan fingerprint density at radius 2 is 2.43 bits per heavy atom. The zero-order chi connectivity index (χ0) is 15.2. The molecule has 0 spiro atoms. The molecule has 1 fully saturated rings. The lowest BCUT2D eigenvalue weighted by Gasteiger charge is -2.30. The van der Waals surface area contributed by atoms with Crippen LogP contribution in [0, 0.1) is 0 Å². The van der Waals surface area contributed by atoms with Crippen molar-refractivity contribution in [2.24, 2.45) is 0 Å². The lowest BCUT2D eigenvalue weighted by molar-refractivity contribution is -0.122. The van der Waals surface area contributed by atoms with Gasteiger partial charge < -0.3 is 19.5 Å². The molecule has 0 aromatic carbocycles. The SMILES string of the molecule is CC(C)Oc1cc(CCC(=O)N[C@H]2CCCN(C)C2)on1. The maximum absolute atomic E-state index is 12.0. The second-order valence-corrected chi connectivity index (χ2v) is 5.97. The molecule has 0 radical (unpaired) electrons. The maximum Gasteiger partial charge on any atom is 0.254 e. The number of aromatic nitrogens is 1. The highest BCUT2D eigenvalue weighted by atomic mass is 16.5. The van der Waals surface area contributed by atoms with Gasteiger partial charge in [-0.2, -0.15) is 0 Å². The van der Waals surface area contributed by atoms with Crippen molar-refractivity contribution in [3.8, 4) is 5.88 Å². The van der Waals surface area contributed by atoms with Crippen LogP contribution in [0.3, 0.4) is 0 Å². The fourth-order valence-corrected chi connectivity index (χ4v) is 2.53. The number of aryl methyl sites for hydroxylation is 1. The van der Waals surface area contributed by atoms with Crippen LogP contribution in [-0.4, -0.2) is 48.2 Å². The van der Waals surface area contributed by atoms with Crippen LogP contribution >= 0.6 is 0 Å². The molecule has 1 N–H and O–H groups in total. The molecule has 6 nitrogen and oxygen atoms in total. The fourth-order valence-electron chi connectivity index (χ4n) is 2.53. The largest absolute Gasteiger partial charge is 0.473 e. The summed E-state index contributed by atoms with van der Waals surface area (Å²) in [4.78, 5) is 14.2. The fraction of sp³-hybridized carbons (Fsp3) is 0.733. The smallest absolute Gasteiger partial charge is 0.254 e. The number of likely N-dealkylation sites (tertiary alicyclic amines) is 1. The van der Waals surface area contributed by atoms with E-state index in [-0.39, 0.29) is 18.1 Å². The maximum atomic E-state index is 12.0. The highest BCUT2D eigenvalue weighted by Crippen LogP contribution is 2.14. The van der Waals surface area contributed by atoms with Gasteiger partial charge in [-0.3, -0.25) is 4.79 Å². The van der Waals surface area contributed by atoms with Gasteiger partial charge in [-0.15, -0.1) is 0 Å². The van der Waals surface area contributed by atoms with Crippen LogP contribution in [0.5, 0.6) is 5.88 Å². The highest BCUT2D eigenvalue weighted by molar-refractivity contribution is 5.76. The number of hydrogen-bond acceptors (Lipinski definition) is 5. The summed E-state index contributed by atoms with van der Waals surface area (Å²) < 4.78 is 10.6.